The molecule has 0 aliphatic rings. The lowest BCUT2D eigenvalue weighted by Crippen LogP contribution is -2.55. The molecule has 0 radical (unpaired) electrons. The highest BCUT2D eigenvalue weighted by Crippen LogP contribution is 2.14. The number of carbonyl (C=O) groups excluding carboxylic acids is 3. The van der Waals surface area contributed by atoms with E-state index in [1.165, 1.54) is 116 Å². The average Bonchev–Trinajstić information content (AvgIpc) is 3.26. The number of aliphatic carboxylic acids is 1. The van der Waals surface area contributed by atoms with Gasteiger partial charge >= 0.3 is 11.9 Å². The van der Waals surface area contributed by atoms with Crippen molar-refractivity contribution in [3.8, 4) is 0 Å². The molecule has 0 aliphatic carbocycles. The SMILES string of the molecule is CCCCC/C=C/C/C=C/C/C=C/C/C=C/C/C=C/CCCCC(=O)OCC(COCCC(C(=O)[O-])[N+](C)(C)C)OC(=O)CCCCCCCCC/C=C/CCCCCCCCCC. The van der Waals surface area contributed by atoms with Gasteiger partial charge in [-0.2, -0.15) is 0 Å². The molecule has 2 atom stereocenters. The number of carboxylic acids is 1. The minimum Gasteiger partial charge on any atom is -0.544 e. The molecule has 368 valence electrons. The topological polar surface area (TPSA) is 102 Å². The van der Waals surface area contributed by atoms with Crippen LogP contribution in [0.1, 0.15) is 213 Å². The van der Waals surface area contributed by atoms with Gasteiger partial charge in [-0.15, -0.1) is 0 Å². The number of likely N-dealkylation sites (N-methyl/N-ethyl adjacent to an activating group) is 1. The maximum atomic E-state index is 12.8. The van der Waals surface area contributed by atoms with Crippen LogP contribution in [0.15, 0.2) is 72.9 Å². The molecule has 64 heavy (non-hydrogen) atoms. The van der Waals surface area contributed by atoms with Gasteiger partial charge in [-0.25, -0.2) is 0 Å². The van der Waals surface area contributed by atoms with Crippen LogP contribution in [0.25, 0.3) is 0 Å². The van der Waals surface area contributed by atoms with Crippen LogP contribution in [0, 0.1) is 0 Å². The standard InChI is InChI=1S/C56H97NO7/c1-6-8-10-12-14-16-18-20-22-24-26-27-29-30-32-34-36-38-40-42-44-46-54(58)63-51-52(50-62-49-48-53(56(60)61)57(3,4)5)64-55(59)47-45-43-41-39-37-35-33-31-28-25-23-21-19-17-15-13-11-9-7-2/h14,16,20,22,25-28,30,32,36,38,52-53H,6-13,15,17-19,21,23-24,29,31,33-35,37,39-51H2,1-5H3/b16-14+,22-20+,27-26+,28-25+,32-30+,38-36+. The van der Waals surface area contributed by atoms with Gasteiger partial charge in [0, 0.05) is 19.3 Å². The van der Waals surface area contributed by atoms with Gasteiger partial charge in [0.15, 0.2) is 6.10 Å². The first-order valence-corrected chi connectivity index (χ1v) is 26.0. The predicted molar refractivity (Wildman–Crippen MR) is 268 cm³/mol. The number of esters is 2. The Kier molecular flexibility index (Phi) is 44.0. The van der Waals surface area contributed by atoms with Crippen molar-refractivity contribution in [2.24, 2.45) is 0 Å². The van der Waals surface area contributed by atoms with Gasteiger partial charge < -0.3 is 28.6 Å². The second-order valence-corrected chi connectivity index (χ2v) is 18.4. The van der Waals surface area contributed by atoms with Crippen molar-refractivity contribution in [3.05, 3.63) is 72.9 Å². The molecule has 0 heterocycles. The number of unbranched alkanes of at least 4 members (excludes halogenated alkanes) is 20. The molecule has 0 aromatic heterocycles. The molecule has 0 amide bonds. The van der Waals surface area contributed by atoms with Gasteiger partial charge in [0.25, 0.3) is 0 Å². The first kappa shape index (κ1) is 60.8. The molecular formula is C56H97NO7. The van der Waals surface area contributed by atoms with Crippen LogP contribution in [0.3, 0.4) is 0 Å². The molecule has 2 unspecified atom stereocenters. The van der Waals surface area contributed by atoms with Gasteiger partial charge in [-0.05, 0) is 89.9 Å². The van der Waals surface area contributed by atoms with Crippen molar-refractivity contribution >= 4 is 17.9 Å². The van der Waals surface area contributed by atoms with Gasteiger partial charge in [0.1, 0.15) is 12.6 Å². The van der Waals surface area contributed by atoms with Crippen molar-refractivity contribution in [2.75, 3.05) is 41.0 Å². The highest BCUT2D eigenvalue weighted by Gasteiger charge is 2.25. The van der Waals surface area contributed by atoms with Gasteiger partial charge in [0.2, 0.25) is 0 Å². The molecular weight excluding hydrogens is 799 g/mol. The van der Waals surface area contributed by atoms with Crippen LogP contribution < -0.4 is 5.11 Å². The van der Waals surface area contributed by atoms with Crippen LogP contribution in [-0.2, 0) is 28.6 Å². The van der Waals surface area contributed by atoms with Crippen molar-refractivity contribution in [1.82, 2.24) is 0 Å². The summed E-state index contributed by atoms with van der Waals surface area (Å²) in [6.45, 7) is 4.59. The number of quaternary nitrogens is 1. The molecule has 0 spiro atoms. The van der Waals surface area contributed by atoms with Gasteiger partial charge in [-0.1, -0.05) is 177 Å². The van der Waals surface area contributed by atoms with Crippen molar-refractivity contribution in [2.45, 2.75) is 225 Å². The summed E-state index contributed by atoms with van der Waals surface area (Å²) in [7, 11) is 5.40. The lowest BCUT2D eigenvalue weighted by atomic mass is 10.1. The predicted octanol–water partition coefficient (Wildman–Crippen LogP) is 13.8. The van der Waals surface area contributed by atoms with E-state index in [-0.39, 0.29) is 42.7 Å². The number of ether oxygens (including phenoxy) is 3. The summed E-state index contributed by atoms with van der Waals surface area (Å²) in [6, 6.07) is -0.737. The Bertz CT molecular complexity index is 1270. The normalized spacial score (nSPS) is 13.5. The van der Waals surface area contributed by atoms with Crippen LogP contribution in [0.5, 0.6) is 0 Å². The Morgan fingerprint density at radius 1 is 0.469 bits per heavy atom. The summed E-state index contributed by atoms with van der Waals surface area (Å²) in [5.74, 6) is -1.80. The summed E-state index contributed by atoms with van der Waals surface area (Å²) in [5.41, 5.74) is 0. The fourth-order valence-electron chi connectivity index (χ4n) is 7.26. The smallest absolute Gasteiger partial charge is 0.306 e. The van der Waals surface area contributed by atoms with Gasteiger partial charge in [-0.3, -0.25) is 9.59 Å². The molecule has 8 heteroatoms. The molecule has 0 aliphatic heterocycles. The molecule has 0 fully saturated rings. The third-order valence-corrected chi connectivity index (χ3v) is 11.3. The monoisotopic (exact) mass is 896 g/mol. The number of hydrogen-bond donors (Lipinski definition) is 0. The first-order chi connectivity index (χ1) is 31.1. The van der Waals surface area contributed by atoms with E-state index >= 15 is 0 Å². The zero-order chi connectivity index (χ0) is 47.0. The molecule has 0 bridgehead atoms. The van der Waals surface area contributed by atoms with Crippen LogP contribution in [0.4, 0.5) is 0 Å². The summed E-state index contributed by atoms with van der Waals surface area (Å²) in [6.07, 6.45) is 59.3. The lowest BCUT2D eigenvalue weighted by molar-refractivity contribution is -0.889. The minimum atomic E-state index is -1.13. The zero-order valence-corrected chi connectivity index (χ0v) is 41.9. The Hall–Kier alpha value is -3.23. The molecule has 0 aromatic rings. The Morgan fingerprint density at radius 2 is 0.828 bits per heavy atom. The van der Waals surface area contributed by atoms with E-state index in [0.29, 0.717) is 19.3 Å². The minimum absolute atomic E-state index is 0.0224. The number of rotatable bonds is 46. The number of carboxylic acid groups (broad SMARTS) is 1. The van der Waals surface area contributed by atoms with E-state index in [9.17, 15) is 19.5 Å². The van der Waals surface area contributed by atoms with Crippen molar-refractivity contribution < 1.29 is 38.2 Å². The van der Waals surface area contributed by atoms with Gasteiger partial charge in [0.05, 0.1) is 40.3 Å². The lowest BCUT2D eigenvalue weighted by Gasteiger charge is -2.34. The molecule has 0 saturated carbocycles. The number of hydrogen-bond acceptors (Lipinski definition) is 7. The summed E-state index contributed by atoms with van der Waals surface area (Å²) < 4.78 is 17.2. The Morgan fingerprint density at radius 3 is 1.30 bits per heavy atom. The first-order valence-electron chi connectivity index (χ1n) is 26.0. The number of allylic oxidation sites excluding steroid dienone is 12. The summed E-state index contributed by atoms with van der Waals surface area (Å²) >= 11 is 0. The maximum absolute atomic E-state index is 12.8. The van der Waals surface area contributed by atoms with E-state index in [0.717, 1.165) is 57.8 Å². The van der Waals surface area contributed by atoms with E-state index in [2.05, 4.69) is 86.8 Å². The van der Waals surface area contributed by atoms with Crippen LogP contribution in [0.2, 0.25) is 0 Å². The van der Waals surface area contributed by atoms with Crippen molar-refractivity contribution in [3.63, 3.8) is 0 Å². The quantitative estimate of drug-likeness (QED) is 0.0259. The fourth-order valence-corrected chi connectivity index (χ4v) is 7.26. The Balaban J connectivity index is 4.35. The van der Waals surface area contributed by atoms with E-state index in [4.69, 9.17) is 14.2 Å². The fraction of sp³-hybridized carbons (Fsp3) is 0.732. The largest absolute Gasteiger partial charge is 0.544 e. The second-order valence-electron chi connectivity index (χ2n) is 18.4. The number of nitrogens with zero attached hydrogens (tertiary/aromatic N) is 1. The third kappa shape index (κ3) is 44.0. The second kappa shape index (κ2) is 46.3. The van der Waals surface area contributed by atoms with E-state index in [1.54, 1.807) is 21.1 Å². The molecule has 0 saturated heterocycles. The third-order valence-electron chi connectivity index (χ3n) is 11.3. The highest BCUT2D eigenvalue weighted by atomic mass is 16.6. The molecule has 0 rings (SSSR count). The van der Waals surface area contributed by atoms with Crippen LogP contribution in [-0.4, -0.2) is 75.5 Å². The molecule has 0 N–H and O–H groups in total. The number of carbonyl (C=O) groups is 3. The highest BCUT2D eigenvalue weighted by molar-refractivity contribution is 5.70. The van der Waals surface area contributed by atoms with E-state index in [1.807, 2.05) is 0 Å². The zero-order valence-electron chi connectivity index (χ0n) is 41.9. The van der Waals surface area contributed by atoms with Crippen LogP contribution >= 0.6 is 0 Å². The maximum Gasteiger partial charge on any atom is 0.306 e. The van der Waals surface area contributed by atoms with E-state index < -0.39 is 18.1 Å². The summed E-state index contributed by atoms with van der Waals surface area (Å²) in [5, 5.41) is 11.7. The molecule has 0 aromatic carbocycles. The summed E-state index contributed by atoms with van der Waals surface area (Å²) in [4.78, 5) is 37.0. The molecule has 8 nitrogen and oxygen atoms in total. The van der Waals surface area contributed by atoms with Crippen molar-refractivity contribution in [1.29, 1.82) is 0 Å². The Labute approximate surface area is 393 Å². The average molecular weight is 896 g/mol.